The number of carbonyl (C=O) groups excluding carboxylic acids is 2. The standard InChI is InChI=1S/C17H27N3O5/c1-11(2)18-10-15(21)12-7-13(24-16(22)19(3)4)9-14(8-12)25-17(23)20(5)6/h7-9,11,15,18,21H,10H2,1-6H3/t15-/m0/s1. The summed E-state index contributed by atoms with van der Waals surface area (Å²) in [6.45, 7) is 4.24. The molecule has 0 heterocycles. The lowest BCUT2D eigenvalue weighted by Crippen LogP contribution is -2.28. The number of nitrogens with zero attached hydrogens (tertiary/aromatic N) is 2. The van der Waals surface area contributed by atoms with Crippen molar-refractivity contribution >= 4 is 12.2 Å². The second kappa shape index (κ2) is 9.24. The number of amides is 2. The van der Waals surface area contributed by atoms with E-state index in [4.69, 9.17) is 9.47 Å². The first kappa shape index (κ1) is 20.7. The summed E-state index contributed by atoms with van der Waals surface area (Å²) in [4.78, 5) is 26.1. The van der Waals surface area contributed by atoms with Crippen LogP contribution in [0.3, 0.4) is 0 Å². The van der Waals surface area contributed by atoms with Crippen LogP contribution in [-0.4, -0.2) is 67.9 Å². The first-order chi connectivity index (χ1) is 11.6. The normalized spacial score (nSPS) is 11.8. The second-order valence-electron chi connectivity index (χ2n) is 6.34. The lowest BCUT2D eigenvalue weighted by molar-refractivity contribution is 0.164. The summed E-state index contributed by atoms with van der Waals surface area (Å²) < 4.78 is 10.5. The van der Waals surface area contributed by atoms with Gasteiger partial charge in [-0.1, -0.05) is 13.8 Å². The van der Waals surface area contributed by atoms with Gasteiger partial charge in [0.25, 0.3) is 0 Å². The molecule has 0 saturated carbocycles. The molecule has 140 valence electrons. The van der Waals surface area contributed by atoms with Crippen LogP contribution in [0.5, 0.6) is 11.5 Å². The number of hydrogen-bond acceptors (Lipinski definition) is 6. The zero-order chi connectivity index (χ0) is 19.1. The fourth-order valence-electron chi connectivity index (χ4n) is 1.75. The minimum absolute atomic E-state index is 0.182. The Morgan fingerprint density at radius 2 is 1.44 bits per heavy atom. The fourth-order valence-corrected chi connectivity index (χ4v) is 1.75. The van der Waals surface area contributed by atoms with E-state index in [0.717, 1.165) is 0 Å². The number of nitrogens with one attached hydrogen (secondary N) is 1. The van der Waals surface area contributed by atoms with E-state index in [9.17, 15) is 14.7 Å². The lowest BCUT2D eigenvalue weighted by atomic mass is 10.1. The quantitative estimate of drug-likeness (QED) is 0.811. The molecule has 0 aromatic heterocycles. The SMILES string of the molecule is CC(C)NC[C@H](O)c1cc(OC(=O)N(C)C)cc(OC(=O)N(C)C)c1. The summed E-state index contributed by atoms with van der Waals surface area (Å²) in [6.07, 6.45) is -1.99. The van der Waals surface area contributed by atoms with Gasteiger partial charge in [-0.15, -0.1) is 0 Å². The highest BCUT2D eigenvalue weighted by Gasteiger charge is 2.16. The van der Waals surface area contributed by atoms with E-state index in [0.29, 0.717) is 12.1 Å². The van der Waals surface area contributed by atoms with Crippen molar-refractivity contribution in [3.05, 3.63) is 23.8 Å². The number of hydrogen-bond donors (Lipinski definition) is 2. The maximum absolute atomic E-state index is 11.8. The smallest absolute Gasteiger partial charge is 0.410 e. The van der Waals surface area contributed by atoms with Crippen LogP contribution in [0.1, 0.15) is 25.5 Å². The summed E-state index contributed by atoms with van der Waals surface area (Å²) in [5, 5.41) is 13.5. The van der Waals surface area contributed by atoms with Crippen LogP contribution in [0.15, 0.2) is 18.2 Å². The third-order valence-electron chi connectivity index (χ3n) is 3.15. The number of ether oxygens (including phenoxy) is 2. The van der Waals surface area contributed by atoms with Gasteiger partial charge in [0.1, 0.15) is 11.5 Å². The van der Waals surface area contributed by atoms with Crippen molar-refractivity contribution in [1.29, 1.82) is 0 Å². The molecule has 2 N–H and O–H groups in total. The van der Waals surface area contributed by atoms with Gasteiger partial charge in [0.05, 0.1) is 6.10 Å². The maximum atomic E-state index is 11.8. The third-order valence-corrected chi connectivity index (χ3v) is 3.15. The van der Waals surface area contributed by atoms with Crippen molar-refractivity contribution < 1.29 is 24.2 Å². The van der Waals surface area contributed by atoms with Crippen molar-refractivity contribution in [3.8, 4) is 11.5 Å². The van der Waals surface area contributed by atoms with E-state index < -0.39 is 18.3 Å². The zero-order valence-electron chi connectivity index (χ0n) is 15.6. The number of benzene rings is 1. The molecule has 1 atom stereocenters. The third kappa shape index (κ3) is 6.98. The molecule has 0 aliphatic heterocycles. The summed E-state index contributed by atoms with van der Waals surface area (Å²) >= 11 is 0. The molecule has 1 rings (SSSR count). The Balaban J connectivity index is 3.08. The Hall–Kier alpha value is -2.32. The molecule has 1 aromatic rings. The minimum Gasteiger partial charge on any atom is -0.410 e. The first-order valence-electron chi connectivity index (χ1n) is 7.94. The van der Waals surface area contributed by atoms with E-state index in [1.54, 1.807) is 40.3 Å². The minimum atomic E-state index is -0.850. The lowest BCUT2D eigenvalue weighted by Gasteiger charge is -2.18. The Bertz CT molecular complexity index is 562. The molecule has 0 aliphatic carbocycles. The van der Waals surface area contributed by atoms with Crippen LogP contribution >= 0.6 is 0 Å². The zero-order valence-corrected chi connectivity index (χ0v) is 15.6. The predicted molar refractivity (Wildman–Crippen MR) is 94.0 cm³/mol. The first-order valence-corrected chi connectivity index (χ1v) is 7.94. The Kier molecular flexibility index (Phi) is 7.66. The van der Waals surface area contributed by atoms with Gasteiger partial charge in [-0.3, -0.25) is 0 Å². The fraction of sp³-hybridized carbons (Fsp3) is 0.529. The van der Waals surface area contributed by atoms with Gasteiger partial charge in [0, 0.05) is 46.8 Å². The van der Waals surface area contributed by atoms with Gasteiger partial charge in [0.2, 0.25) is 0 Å². The molecule has 0 saturated heterocycles. The molecule has 0 aliphatic rings. The van der Waals surface area contributed by atoms with Crippen molar-refractivity contribution in [3.63, 3.8) is 0 Å². The van der Waals surface area contributed by atoms with Crippen LogP contribution in [-0.2, 0) is 0 Å². The van der Waals surface area contributed by atoms with Gasteiger partial charge >= 0.3 is 12.2 Å². The molecular formula is C17H27N3O5. The molecular weight excluding hydrogens is 326 g/mol. The van der Waals surface area contributed by atoms with E-state index >= 15 is 0 Å². The Labute approximate surface area is 148 Å². The van der Waals surface area contributed by atoms with Crippen LogP contribution in [0.4, 0.5) is 9.59 Å². The number of aliphatic hydroxyl groups is 1. The van der Waals surface area contributed by atoms with E-state index in [2.05, 4.69) is 5.32 Å². The molecule has 8 heteroatoms. The largest absolute Gasteiger partial charge is 0.414 e. The summed E-state index contributed by atoms with van der Waals surface area (Å²) in [5.41, 5.74) is 0.471. The molecule has 0 spiro atoms. The monoisotopic (exact) mass is 353 g/mol. The number of aliphatic hydroxyl groups excluding tert-OH is 1. The topological polar surface area (TPSA) is 91.3 Å². The van der Waals surface area contributed by atoms with Crippen molar-refractivity contribution in [2.45, 2.75) is 26.0 Å². The summed E-state index contributed by atoms with van der Waals surface area (Å²) in [5.74, 6) is 0.364. The second-order valence-corrected chi connectivity index (χ2v) is 6.34. The van der Waals surface area contributed by atoms with E-state index in [1.807, 2.05) is 13.8 Å². The van der Waals surface area contributed by atoms with Crippen molar-refractivity contribution in [1.82, 2.24) is 15.1 Å². The van der Waals surface area contributed by atoms with Crippen LogP contribution in [0.25, 0.3) is 0 Å². The van der Waals surface area contributed by atoms with Gasteiger partial charge in [0.15, 0.2) is 0 Å². The molecule has 2 amide bonds. The van der Waals surface area contributed by atoms with Gasteiger partial charge in [-0.25, -0.2) is 9.59 Å². The average Bonchev–Trinajstić information content (AvgIpc) is 2.51. The Morgan fingerprint density at radius 1 is 1.00 bits per heavy atom. The molecule has 1 aromatic carbocycles. The van der Waals surface area contributed by atoms with Crippen molar-refractivity contribution in [2.75, 3.05) is 34.7 Å². The van der Waals surface area contributed by atoms with Gasteiger partial charge in [-0.2, -0.15) is 0 Å². The van der Waals surface area contributed by atoms with E-state index in [1.165, 1.54) is 15.9 Å². The molecule has 0 bridgehead atoms. The highest BCUT2D eigenvalue weighted by atomic mass is 16.6. The van der Waals surface area contributed by atoms with Gasteiger partial charge < -0.3 is 29.7 Å². The molecule has 0 fully saturated rings. The number of carbonyl (C=O) groups is 2. The van der Waals surface area contributed by atoms with Gasteiger partial charge in [-0.05, 0) is 17.7 Å². The van der Waals surface area contributed by atoms with Crippen LogP contribution in [0, 0.1) is 0 Å². The predicted octanol–water partition coefficient (Wildman–Crippen LogP) is 1.84. The van der Waals surface area contributed by atoms with E-state index in [-0.39, 0.29) is 17.5 Å². The van der Waals surface area contributed by atoms with Crippen LogP contribution in [0.2, 0.25) is 0 Å². The highest BCUT2D eigenvalue weighted by Crippen LogP contribution is 2.27. The maximum Gasteiger partial charge on any atom is 0.414 e. The average molecular weight is 353 g/mol. The van der Waals surface area contributed by atoms with Crippen LogP contribution < -0.4 is 14.8 Å². The summed E-state index contributed by atoms with van der Waals surface area (Å²) in [7, 11) is 6.22. The molecule has 0 unspecified atom stereocenters. The van der Waals surface area contributed by atoms with Crippen molar-refractivity contribution in [2.24, 2.45) is 0 Å². The molecule has 8 nitrogen and oxygen atoms in total. The summed E-state index contributed by atoms with van der Waals surface area (Å²) in [6, 6.07) is 4.72. The Morgan fingerprint density at radius 3 is 1.80 bits per heavy atom. The highest BCUT2D eigenvalue weighted by molar-refractivity contribution is 5.72. The number of rotatable bonds is 6. The molecule has 0 radical (unpaired) electrons. The molecule has 25 heavy (non-hydrogen) atoms.